The van der Waals surface area contributed by atoms with E-state index in [0.717, 1.165) is 46.2 Å². The molecule has 0 bridgehead atoms. The number of aliphatic imine (C=N–C) groups is 1. The van der Waals surface area contributed by atoms with Crippen LogP contribution in [0.15, 0.2) is 42.0 Å². The quantitative estimate of drug-likeness (QED) is 0.214. The summed E-state index contributed by atoms with van der Waals surface area (Å²) in [6, 6.07) is 6.36. The van der Waals surface area contributed by atoms with Crippen molar-refractivity contribution < 1.29 is 23.4 Å². The minimum Gasteiger partial charge on any atom is -0.393 e. The Kier molecular flexibility index (Phi) is 16.1. The normalized spacial score (nSPS) is 13.8. The SMILES string of the molecule is C=C(SC(C)=NC)c1cc(C)cc(Nc2nccc(C(F)(F)F)n2)c1.CC.CC[C@@H](O)CC[C@@](C)(O)CC. The lowest BCUT2D eigenvalue weighted by Gasteiger charge is -2.22. The van der Waals surface area contributed by atoms with E-state index in [0.29, 0.717) is 18.5 Å². The van der Waals surface area contributed by atoms with Crippen LogP contribution in [-0.2, 0) is 6.18 Å². The van der Waals surface area contributed by atoms with Gasteiger partial charge in [-0.05, 0) is 75.8 Å². The van der Waals surface area contributed by atoms with Crippen LogP contribution >= 0.6 is 11.8 Å². The van der Waals surface area contributed by atoms with Gasteiger partial charge in [0.2, 0.25) is 5.95 Å². The fourth-order valence-corrected chi connectivity index (χ4v) is 3.55. The summed E-state index contributed by atoms with van der Waals surface area (Å²) in [5, 5.41) is 22.4. The predicted molar refractivity (Wildman–Crippen MR) is 155 cm³/mol. The third kappa shape index (κ3) is 13.9. The van der Waals surface area contributed by atoms with Crippen molar-refractivity contribution in [3.63, 3.8) is 0 Å². The average molecular weight is 557 g/mol. The van der Waals surface area contributed by atoms with Crippen molar-refractivity contribution in [2.75, 3.05) is 12.4 Å². The zero-order valence-electron chi connectivity index (χ0n) is 23.8. The number of halogens is 3. The Balaban J connectivity index is 0.000000887. The highest BCUT2D eigenvalue weighted by atomic mass is 32.2. The molecule has 0 fully saturated rings. The summed E-state index contributed by atoms with van der Waals surface area (Å²) in [7, 11) is 1.70. The second-order valence-electron chi connectivity index (χ2n) is 8.70. The number of thioether (sulfide) groups is 1. The van der Waals surface area contributed by atoms with Gasteiger partial charge in [-0.15, -0.1) is 0 Å². The number of rotatable bonds is 9. The third-order valence-electron chi connectivity index (χ3n) is 5.44. The van der Waals surface area contributed by atoms with Gasteiger partial charge >= 0.3 is 6.18 Å². The summed E-state index contributed by atoms with van der Waals surface area (Å²) >= 11 is 1.43. The Morgan fingerprint density at radius 1 is 1.21 bits per heavy atom. The van der Waals surface area contributed by atoms with Crippen LogP contribution in [0.3, 0.4) is 0 Å². The summed E-state index contributed by atoms with van der Waals surface area (Å²) in [5.74, 6) is -0.115. The van der Waals surface area contributed by atoms with Gasteiger partial charge in [0, 0.05) is 23.8 Å². The highest BCUT2D eigenvalue weighted by molar-refractivity contribution is 8.21. The van der Waals surface area contributed by atoms with E-state index in [1.807, 2.05) is 54.5 Å². The molecule has 2 aromatic rings. The first-order valence-corrected chi connectivity index (χ1v) is 13.5. The van der Waals surface area contributed by atoms with Gasteiger partial charge in [-0.1, -0.05) is 52.1 Å². The van der Waals surface area contributed by atoms with Gasteiger partial charge in [0.15, 0.2) is 0 Å². The zero-order valence-corrected chi connectivity index (χ0v) is 24.6. The van der Waals surface area contributed by atoms with E-state index in [9.17, 15) is 23.4 Å². The van der Waals surface area contributed by atoms with Gasteiger partial charge < -0.3 is 15.5 Å². The Morgan fingerprint density at radius 3 is 2.37 bits per heavy atom. The van der Waals surface area contributed by atoms with Crippen LogP contribution in [0.1, 0.15) is 84.0 Å². The Hall–Kier alpha value is -2.43. The molecule has 2 rings (SSSR count). The molecule has 10 heteroatoms. The summed E-state index contributed by atoms with van der Waals surface area (Å²) in [6.07, 6.45) is -0.754. The molecule has 0 radical (unpaired) electrons. The van der Waals surface area contributed by atoms with E-state index in [-0.39, 0.29) is 12.1 Å². The molecule has 6 nitrogen and oxygen atoms in total. The van der Waals surface area contributed by atoms with Crippen LogP contribution in [-0.4, -0.2) is 44.0 Å². The first-order chi connectivity index (χ1) is 17.7. The first kappa shape index (κ1) is 35.6. The lowest BCUT2D eigenvalue weighted by Crippen LogP contribution is -2.24. The van der Waals surface area contributed by atoms with E-state index >= 15 is 0 Å². The maximum Gasteiger partial charge on any atom is 0.433 e. The van der Waals surface area contributed by atoms with E-state index in [2.05, 4.69) is 26.9 Å². The second kappa shape index (κ2) is 17.2. The number of anilines is 2. The molecule has 0 unspecified atom stereocenters. The summed E-state index contributed by atoms with van der Waals surface area (Å²) in [4.78, 5) is 12.2. The molecule has 0 aliphatic carbocycles. The predicted octanol–water partition coefficient (Wildman–Crippen LogP) is 8.02. The third-order valence-corrected chi connectivity index (χ3v) is 6.40. The van der Waals surface area contributed by atoms with Crippen molar-refractivity contribution in [3.05, 3.63) is 53.9 Å². The molecule has 38 heavy (non-hydrogen) atoms. The maximum atomic E-state index is 12.8. The fourth-order valence-electron chi connectivity index (χ4n) is 2.86. The molecule has 214 valence electrons. The molecule has 0 aliphatic heterocycles. The number of aliphatic hydroxyl groups is 2. The topological polar surface area (TPSA) is 90.6 Å². The van der Waals surface area contributed by atoms with Gasteiger partial charge in [0.1, 0.15) is 5.69 Å². The molecule has 0 aliphatic rings. The maximum absolute atomic E-state index is 12.8. The molecular weight excluding hydrogens is 513 g/mol. The number of hydrogen-bond donors (Lipinski definition) is 3. The number of benzene rings is 1. The minimum atomic E-state index is -4.51. The lowest BCUT2D eigenvalue weighted by atomic mass is 9.95. The minimum absolute atomic E-state index is 0.115. The summed E-state index contributed by atoms with van der Waals surface area (Å²) in [6.45, 7) is 17.5. The van der Waals surface area contributed by atoms with E-state index in [1.54, 1.807) is 19.2 Å². The number of nitrogens with zero attached hydrogens (tertiary/aromatic N) is 3. The van der Waals surface area contributed by atoms with Gasteiger partial charge in [0.05, 0.1) is 16.7 Å². The summed E-state index contributed by atoms with van der Waals surface area (Å²) < 4.78 is 38.3. The average Bonchev–Trinajstić information content (AvgIpc) is 2.88. The van der Waals surface area contributed by atoms with Gasteiger partial charge in [0.25, 0.3) is 0 Å². The second-order valence-corrected chi connectivity index (χ2v) is 9.98. The van der Waals surface area contributed by atoms with E-state index < -0.39 is 17.5 Å². The first-order valence-electron chi connectivity index (χ1n) is 12.7. The molecule has 0 amide bonds. The lowest BCUT2D eigenvalue weighted by molar-refractivity contribution is -0.141. The van der Waals surface area contributed by atoms with Crippen LogP contribution in [0.4, 0.5) is 24.8 Å². The largest absolute Gasteiger partial charge is 0.433 e. The van der Waals surface area contributed by atoms with E-state index in [4.69, 9.17) is 0 Å². The van der Waals surface area contributed by atoms with Crippen LogP contribution in [0.25, 0.3) is 4.91 Å². The number of nitrogens with one attached hydrogen (secondary N) is 1. The standard InChI is InChI=1S/C17H17F3N4S.C9H20O2.C2H6/c1-10-7-13(11(2)25-12(3)21-4)9-14(8-10)23-16-22-6-5-15(24-16)17(18,19)20;1-4-8(10)6-7-9(3,11)5-2;1-2/h5-9H,2H2,1,3-4H3,(H,22,23,24);8,10-11H,4-7H2,1-3H3;1-2H3/t;8-,9+;/m.1./s1. The molecule has 3 N–H and O–H groups in total. The Morgan fingerprint density at radius 2 is 1.84 bits per heavy atom. The molecule has 1 heterocycles. The van der Waals surface area contributed by atoms with Crippen molar-refractivity contribution in [3.8, 4) is 0 Å². The monoisotopic (exact) mass is 556 g/mol. The smallest absolute Gasteiger partial charge is 0.393 e. The number of aliphatic hydroxyl groups excluding tert-OH is 1. The highest BCUT2D eigenvalue weighted by Crippen LogP contribution is 2.31. The Bertz CT molecular complexity index is 1030. The Labute approximate surface area is 229 Å². The molecule has 1 aromatic carbocycles. The van der Waals surface area contributed by atoms with Crippen molar-refractivity contribution >= 4 is 33.3 Å². The molecule has 2 atom stereocenters. The number of hydrogen-bond acceptors (Lipinski definition) is 7. The van der Waals surface area contributed by atoms with E-state index in [1.165, 1.54) is 11.8 Å². The van der Waals surface area contributed by atoms with Crippen molar-refractivity contribution in [1.82, 2.24) is 9.97 Å². The fraction of sp³-hybridized carbons (Fsp3) is 0.536. The van der Waals surface area contributed by atoms with Crippen molar-refractivity contribution in [2.24, 2.45) is 4.99 Å². The number of aryl methyl sites for hydroxylation is 1. The highest BCUT2D eigenvalue weighted by Gasteiger charge is 2.32. The number of alkyl halides is 3. The van der Waals surface area contributed by atoms with Gasteiger partial charge in [-0.2, -0.15) is 13.2 Å². The van der Waals surface area contributed by atoms with Gasteiger partial charge in [-0.25, -0.2) is 9.97 Å². The van der Waals surface area contributed by atoms with Crippen LogP contribution < -0.4 is 5.32 Å². The molecule has 0 spiro atoms. The molecular formula is C28H43F3N4O2S. The van der Waals surface area contributed by atoms with Crippen LogP contribution in [0.5, 0.6) is 0 Å². The molecule has 0 saturated heterocycles. The number of aromatic nitrogens is 2. The molecule has 0 saturated carbocycles. The van der Waals surface area contributed by atoms with Crippen LogP contribution in [0, 0.1) is 6.92 Å². The van der Waals surface area contributed by atoms with Crippen molar-refractivity contribution in [2.45, 2.75) is 92.0 Å². The van der Waals surface area contributed by atoms with Gasteiger partial charge in [-0.3, -0.25) is 4.99 Å². The summed E-state index contributed by atoms with van der Waals surface area (Å²) in [5.41, 5.74) is 0.785. The molecule has 1 aromatic heterocycles. The van der Waals surface area contributed by atoms with Crippen LogP contribution in [0.2, 0.25) is 0 Å². The zero-order chi connectivity index (χ0) is 29.5. The van der Waals surface area contributed by atoms with Crippen molar-refractivity contribution in [1.29, 1.82) is 0 Å².